The lowest BCUT2D eigenvalue weighted by atomic mass is 9.71. The van der Waals surface area contributed by atoms with Crippen LogP contribution in [-0.4, -0.2) is 84.2 Å². The standard InChI is InChI=1S/C20H28N2O2S.2C2HF3O2/c1-23-15-17-12-22(14-19-5-3-11-25-19)16-20(17)6-8-21(9-7-20)13-18-4-2-10-24-18;2*3-2(4,5)1(6)7/h2-5,10-11,17H,6-9,12-16H2,1H3;2*(H,6,7). The Labute approximate surface area is 224 Å². The zero-order valence-electron chi connectivity index (χ0n) is 21.0. The van der Waals surface area contributed by atoms with Gasteiger partial charge in [-0.25, -0.2) is 9.59 Å². The van der Waals surface area contributed by atoms with Crippen molar-refractivity contribution in [1.29, 1.82) is 0 Å². The summed E-state index contributed by atoms with van der Waals surface area (Å²) in [6.07, 6.45) is -5.86. The molecule has 0 radical (unpaired) electrons. The zero-order valence-corrected chi connectivity index (χ0v) is 21.8. The number of nitrogens with zero attached hydrogens (tertiary/aromatic N) is 2. The lowest BCUT2D eigenvalue weighted by Crippen LogP contribution is -2.44. The van der Waals surface area contributed by atoms with Gasteiger partial charge in [-0.2, -0.15) is 26.3 Å². The Hall–Kier alpha value is -2.62. The molecule has 220 valence electrons. The van der Waals surface area contributed by atoms with E-state index in [0.717, 1.165) is 38.5 Å². The second-order valence-corrected chi connectivity index (χ2v) is 10.3. The van der Waals surface area contributed by atoms with Gasteiger partial charge in [0.05, 0.1) is 19.4 Å². The highest BCUT2D eigenvalue weighted by molar-refractivity contribution is 7.09. The minimum atomic E-state index is -5.08. The maximum Gasteiger partial charge on any atom is 0.490 e. The molecule has 2 aliphatic heterocycles. The van der Waals surface area contributed by atoms with Crippen molar-refractivity contribution in [3.8, 4) is 0 Å². The number of rotatable bonds is 6. The molecular formula is C24H30F6N2O6S. The molecule has 2 N–H and O–H groups in total. The molecule has 2 aromatic rings. The highest BCUT2D eigenvalue weighted by atomic mass is 32.1. The number of ether oxygens (including phenoxy) is 1. The maximum absolute atomic E-state index is 10.6. The van der Waals surface area contributed by atoms with Crippen LogP contribution in [0.25, 0.3) is 0 Å². The van der Waals surface area contributed by atoms with Gasteiger partial charge in [0, 0.05) is 37.5 Å². The molecule has 1 unspecified atom stereocenters. The quantitative estimate of drug-likeness (QED) is 0.457. The van der Waals surface area contributed by atoms with Crippen molar-refractivity contribution < 1.29 is 55.3 Å². The normalized spacial score (nSPS) is 19.6. The minimum Gasteiger partial charge on any atom is -0.475 e. The lowest BCUT2D eigenvalue weighted by Gasteiger charge is -2.42. The fourth-order valence-corrected chi connectivity index (χ4v) is 5.41. The molecular weight excluding hydrogens is 558 g/mol. The third-order valence-corrected chi connectivity index (χ3v) is 7.37. The summed E-state index contributed by atoms with van der Waals surface area (Å²) in [5.41, 5.74) is 0.424. The van der Waals surface area contributed by atoms with E-state index in [2.05, 4.69) is 33.4 Å². The third kappa shape index (κ3) is 10.5. The molecule has 0 bridgehead atoms. The van der Waals surface area contributed by atoms with Crippen molar-refractivity contribution in [3.63, 3.8) is 0 Å². The van der Waals surface area contributed by atoms with Crippen molar-refractivity contribution in [3.05, 3.63) is 46.5 Å². The van der Waals surface area contributed by atoms with Crippen LogP contribution in [0, 0.1) is 11.3 Å². The number of furan rings is 1. The number of thiophene rings is 1. The maximum atomic E-state index is 10.6. The number of alkyl halides is 6. The number of aliphatic carboxylic acids is 2. The minimum absolute atomic E-state index is 0.424. The Kier molecular flexibility index (Phi) is 11.8. The van der Waals surface area contributed by atoms with Gasteiger partial charge in [0.1, 0.15) is 5.76 Å². The number of piperidine rings is 1. The first-order chi connectivity index (χ1) is 18.2. The monoisotopic (exact) mass is 588 g/mol. The highest BCUT2D eigenvalue weighted by Crippen LogP contribution is 2.45. The average Bonchev–Trinajstić information content (AvgIpc) is 3.59. The van der Waals surface area contributed by atoms with Crippen LogP contribution in [0.1, 0.15) is 23.5 Å². The Bertz CT molecular complexity index is 981. The van der Waals surface area contributed by atoms with Gasteiger partial charge in [0.15, 0.2) is 0 Å². The number of carboxylic acids is 2. The molecule has 2 saturated heterocycles. The summed E-state index contributed by atoms with van der Waals surface area (Å²) in [6, 6.07) is 8.48. The first kappa shape index (κ1) is 32.6. The van der Waals surface area contributed by atoms with Crippen LogP contribution in [0.3, 0.4) is 0 Å². The molecule has 0 aromatic carbocycles. The Morgan fingerprint density at radius 3 is 2.05 bits per heavy atom. The van der Waals surface area contributed by atoms with Gasteiger partial charge < -0.3 is 19.4 Å². The summed E-state index contributed by atoms with van der Waals surface area (Å²) in [5, 5.41) is 16.4. The van der Waals surface area contributed by atoms with Crippen LogP contribution in [-0.2, 0) is 27.4 Å². The van der Waals surface area contributed by atoms with Crippen LogP contribution >= 0.6 is 11.3 Å². The summed E-state index contributed by atoms with van der Waals surface area (Å²) in [5.74, 6) is -3.78. The first-order valence-electron chi connectivity index (χ1n) is 11.7. The summed E-state index contributed by atoms with van der Waals surface area (Å²) in [6.45, 7) is 7.63. The van der Waals surface area contributed by atoms with Crippen LogP contribution in [0.5, 0.6) is 0 Å². The van der Waals surface area contributed by atoms with Gasteiger partial charge in [0.2, 0.25) is 0 Å². The lowest BCUT2D eigenvalue weighted by molar-refractivity contribution is -0.193. The van der Waals surface area contributed by atoms with Gasteiger partial charge in [-0.1, -0.05) is 6.07 Å². The van der Waals surface area contributed by atoms with Gasteiger partial charge in [0.25, 0.3) is 0 Å². The second kappa shape index (κ2) is 14.1. The average molecular weight is 589 g/mol. The Morgan fingerprint density at radius 1 is 1.03 bits per heavy atom. The number of methoxy groups -OCH3 is 1. The number of halogens is 6. The molecule has 1 atom stereocenters. The molecule has 2 fully saturated rings. The first-order valence-corrected chi connectivity index (χ1v) is 12.6. The summed E-state index contributed by atoms with van der Waals surface area (Å²) < 4.78 is 74.6. The molecule has 4 rings (SSSR count). The predicted molar refractivity (Wildman–Crippen MR) is 128 cm³/mol. The molecule has 4 heterocycles. The zero-order chi connectivity index (χ0) is 29.3. The summed E-state index contributed by atoms with van der Waals surface area (Å²) in [7, 11) is 1.85. The SMILES string of the molecule is COCC1CN(Cc2cccs2)CC12CCN(Cc1ccco1)CC2.O=C(O)C(F)(F)F.O=C(O)C(F)(F)F. The van der Waals surface area contributed by atoms with E-state index in [1.54, 1.807) is 6.26 Å². The van der Waals surface area contributed by atoms with E-state index in [0.29, 0.717) is 11.3 Å². The number of likely N-dealkylation sites (tertiary alicyclic amines) is 2. The summed E-state index contributed by atoms with van der Waals surface area (Å²) >= 11 is 1.87. The fraction of sp³-hybridized carbons (Fsp3) is 0.583. The number of hydrogen-bond donors (Lipinski definition) is 2. The molecule has 8 nitrogen and oxygen atoms in total. The largest absolute Gasteiger partial charge is 0.490 e. The molecule has 39 heavy (non-hydrogen) atoms. The number of carboxylic acid groups (broad SMARTS) is 2. The van der Waals surface area contributed by atoms with E-state index in [-0.39, 0.29) is 0 Å². The van der Waals surface area contributed by atoms with Crippen molar-refractivity contribution >= 4 is 23.3 Å². The Balaban J connectivity index is 0.000000317. The van der Waals surface area contributed by atoms with Crippen molar-refractivity contribution in [2.75, 3.05) is 39.9 Å². The van der Waals surface area contributed by atoms with Crippen molar-refractivity contribution in [1.82, 2.24) is 9.80 Å². The van der Waals surface area contributed by atoms with Crippen LogP contribution in [0.4, 0.5) is 26.3 Å². The van der Waals surface area contributed by atoms with Crippen LogP contribution in [0.15, 0.2) is 40.3 Å². The highest BCUT2D eigenvalue weighted by Gasteiger charge is 2.47. The molecule has 2 aliphatic rings. The van der Waals surface area contributed by atoms with E-state index in [1.807, 2.05) is 24.5 Å². The van der Waals surface area contributed by atoms with Crippen molar-refractivity contribution in [2.45, 2.75) is 38.3 Å². The fourth-order valence-electron chi connectivity index (χ4n) is 4.66. The number of carbonyl (C=O) groups is 2. The molecule has 1 spiro atoms. The van der Waals surface area contributed by atoms with Crippen molar-refractivity contribution in [2.24, 2.45) is 11.3 Å². The molecule has 0 aliphatic carbocycles. The van der Waals surface area contributed by atoms with Crippen LogP contribution in [0.2, 0.25) is 0 Å². The summed E-state index contributed by atoms with van der Waals surface area (Å²) in [4.78, 5) is 24.5. The van der Waals surface area contributed by atoms with E-state index >= 15 is 0 Å². The number of hydrogen-bond acceptors (Lipinski definition) is 7. The van der Waals surface area contributed by atoms with Gasteiger partial charge in [-0.05, 0) is 54.9 Å². The predicted octanol–water partition coefficient (Wildman–Crippen LogP) is 4.97. The Morgan fingerprint density at radius 2 is 1.62 bits per heavy atom. The van der Waals surface area contributed by atoms with Gasteiger partial charge in [-0.15, -0.1) is 11.3 Å². The second-order valence-electron chi connectivity index (χ2n) is 9.22. The third-order valence-electron chi connectivity index (χ3n) is 6.51. The molecule has 2 aromatic heterocycles. The van der Waals surface area contributed by atoms with E-state index in [9.17, 15) is 26.3 Å². The molecule has 15 heteroatoms. The van der Waals surface area contributed by atoms with Crippen LogP contribution < -0.4 is 0 Å². The van der Waals surface area contributed by atoms with E-state index < -0.39 is 24.3 Å². The molecule has 0 saturated carbocycles. The van der Waals surface area contributed by atoms with E-state index in [4.69, 9.17) is 29.0 Å². The van der Waals surface area contributed by atoms with Gasteiger partial charge in [-0.3, -0.25) is 9.80 Å². The smallest absolute Gasteiger partial charge is 0.475 e. The topological polar surface area (TPSA) is 103 Å². The molecule has 0 amide bonds. The van der Waals surface area contributed by atoms with E-state index in [1.165, 1.54) is 30.8 Å². The van der Waals surface area contributed by atoms with Gasteiger partial charge >= 0.3 is 24.3 Å².